The van der Waals surface area contributed by atoms with E-state index in [9.17, 15) is 0 Å². The summed E-state index contributed by atoms with van der Waals surface area (Å²) in [5, 5.41) is 0. The Morgan fingerprint density at radius 3 is 0.871 bits per heavy atom. The van der Waals surface area contributed by atoms with Crippen LogP contribution in [0.25, 0.3) is 0 Å². The molecule has 0 fully saturated rings. The summed E-state index contributed by atoms with van der Waals surface area (Å²) in [6.07, 6.45) is 35.1. The van der Waals surface area contributed by atoms with Crippen LogP contribution in [0.2, 0.25) is 0 Å². The molecular formula is C29H61N2. The molecule has 0 rings (SSSR count). The summed E-state index contributed by atoms with van der Waals surface area (Å²) in [7, 11) is 0. The van der Waals surface area contributed by atoms with Crippen molar-refractivity contribution in [2.24, 2.45) is 11.5 Å². The maximum absolute atomic E-state index is 6.29. The van der Waals surface area contributed by atoms with Crippen LogP contribution >= 0.6 is 0 Å². The molecule has 0 saturated carbocycles. The zero-order valence-electron chi connectivity index (χ0n) is 21.9. The van der Waals surface area contributed by atoms with Crippen LogP contribution in [0.15, 0.2) is 0 Å². The Morgan fingerprint density at radius 1 is 0.387 bits per heavy atom. The van der Waals surface area contributed by atoms with Gasteiger partial charge < -0.3 is 11.5 Å². The average Bonchev–Trinajstić information content (AvgIpc) is 2.75. The van der Waals surface area contributed by atoms with E-state index in [0.717, 1.165) is 12.8 Å². The van der Waals surface area contributed by atoms with Crippen LogP contribution in [0.4, 0.5) is 0 Å². The molecule has 2 unspecified atom stereocenters. The highest BCUT2D eigenvalue weighted by Gasteiger charge is 2.09. The van der Waals surface area contributed by atoms with Gasteiger partial charge >= 0.3 is 0 Å². The molecule has 0 aliphatic heterocycles. The summed E-state index contributed by atoms with van der Waals surface area (Å²) in [5.41, 5.74) is 12.6. The predicted molar refractivity (Wildman–Crippen MR) is 142 cm³/mol. The molecule has 4 N–H and O–H groups in total. The highest BCUT2D eigenvalue weighted by molar-refractivity contribution is 4.89. The number of unbranched alkanes of at least 4 members (excludes halogenated alkanes) is 20. The van der Waals surface area contributed by atoms with Crippen molar-refractivity contribution in [3.63, 3.8) is 0 Å². The first-order chi connectivity index (χ1) is 15.2. The van der Waals surface area contributed by atoms with E-state index in [4.69, 9.17) is 11.5 Å². The third-order valence-electron chi connectivity index (χ3n) is 6.78. The molecule has 0 aromatic rings. The second-order valence-electron chi connectivity index (χ2n) is 10.2. The van der Waals surface area contributed by atoms with Crippen LogP contribution in [-0.2, 0) is 0 Å². The molecule has 1 radical (unpaired) electrons. The topological polar surface area (TPSA) is 52.0 Å². The minimum atomic E-state index is 0.196. The number of nitrogens with two attached hydrogens (primary N) is 2. The molecule has 0 saturated heterocycles. The number of hydrogen-bond acceptors (Lipinski definition) is 2. The van der Waals surface area contributed by atoms with Gasteiger partial charge in [-0.05, 0) is 19.3 Å². The van der Waals surface area contributed by atoms with Gasteiger partial charge in [0.25, 0.3) is 0 Å². The van der Waals surface area contributed by atoms with Crippen molar-refractivity contribution in [1.82, 2.24) is 0 Å². The van der Waals surface area contributed by atoms with Gasteiger partial charge in [-0.15, -0.1) is 0 Å². The summed E-state index contributed by atoms with van der Waals surface area (Å²) in [6, 6.07) is 0.391. The first-order valence-electron chi connectivity index (χ1n) is 14.6. The molecule has 2 heteroatoms. The van der Waals surface area contributed by atoms with E-state index in [-0.39, 0.29) is 12.1 Å². The van der Waals surface area contributed by atoms with Crippen LogP contribution in [0, 0.1) is 6.42 Å². The molecular weight excluding hydrogens is 376 g/mol. The monoisotopic (exact) mass is 437 g/mol. The van der Waals surface area contributed by atoms with E-state index in [1.807, 2.05) is 0 Å². The predicted octanol–water partition coefficient (Wildman–Crippen LogP) is 9.25. The number of rotatable bonds is 26. The fourth-order valence-corrected chi connectivity index (χ4v) is 4.60. The van der Waals surface area contributed by atoms with Gasteiger partial charge in [-0.2, -0.15) is 0 Å². The summed E-state index contributed by atoms with van der Waals surface area (Å²) in [6.45, 7) is 4.58. The van der Waals surface area contributed by atoms with Crippen LogP contribution < -0.4 is 11.5 Å². The average molecular weight is 438 g/mol. The summed E-state index contributed by atoms with van der Waals surface area (Å²) < 4.78 is 0. The lowest BCUT2D eigenvalue weighted by Crippen LogP contribution is -2.32. The van der Waals surface area contributed by atoms with Gasteiger partial charge in [0.05, 0.1) is 0 Å². The third-order valence-corrected chi connectivity index (χ3v) is 6.78. The minimum absolute atomic E-state index is 0.196. The van der Waals surface area contributed by atoms with Gasteiger partial charge in [0, 0.05) is 12.1 Å². The lowest BCUT2D eigenvalue weighted by Gasteiger charge is -2.17. The van der Waals surface area contributed by atoms with Crippen molar-refractivity contribution in [1.29, 1.82) is 0 Å². The molecule has 0 spiro atoms. The molecule has 0 aromatic carbocycles. The van der Waals surface area contributed by atoms with Crippen molar-refractivity contribution in [2.45, 2.75) is 180 Å². The molecule has 0 aromatic heterocycles. The number of hydrogen-bond donors (Lipinski definition) is 2. The molecule has 0 aliphatic carbocycles. The Morgan fingerprint density at radius 2 is 0.613 bits per heavy atom. The van der Waals surface area contributed by atoms with E-state index in [0.29, 0.717) is 0 Å². The van der Waals surface area contributed by atoms with Crippen LogP contribution in [-0.4, -0.2) is 12.1 Å². The van der Waals surface area contributed by atoms with Gasteiger partial charge in [-0.3, -0.25) is 0 Å². The maximum atomic E-state index is 6.29. The Balaban J connectivity index is 3.29. The Bertz CT molecular complexity index is 288. The lowest BCUT2D eigenvalue weighted by atomic mass is 9.97. The zero-order valence-corrected chi connectivity index (χ0v) is 21.9. The Kier molecular flexibility index (Phi) is 26.1. The molecule has 187 valence electrons. The minimum Gasteiger partial charge on any atom is -0.327 e. The van der Waals surface area contributed by atoms with Crippen LogP contribution in [0.5, 0.6) is 0 Å². The molecule has 31 heavy (non-hydrogen) atoms. The lowest BCUT2D eigenvalue weighted by molar-refractivity contribution is 0.504. The first kappa shape index (κ1) is 30.9. The summed E-state index contributed by atoms with van der Waals surface area (Å²) in [5.74, 6) is 0. The smallest absolute Gasteiger partial charge is 0.00857 e. The summed E-state index contributed by atoms with van der Waals surface area (Å²) >= 11 is 0. The van der Waals surface area contributed by atoms with Crippen molar-refractivity contribution in [3.8, 4) is 0 Å². The van der Waals surface area contributed by atoms with Crippen molar-refractivity contribution >= 4 is 0 Å². The normalized spacial score (nSPS) is 13.5. The van der Waals surface area contributed by atoms with Crippen LogP contribution in [0.1, 0.15) is 168 Å². The third kappa shape index (κ3) is 26.1. The summed E-state index contributed by atoms with van der Waals surface area (Å²) in [4.78, 5) is 0. The largest absolute Gasteiger partial charge is 0.327 e. The fraction of sp³-hybridized carbons (Fsp3) is 0.966. The quantitative estimate of drug-likeness (QED) is 0.132. The van der Waals surface area contributed by atoms with E-state index >= 15 is 0 Å². The van der Waals surface area contributed by atoms with Crippen molar-refractivity contribution < 1.29 is 0 Å². The second kappa shape index (κ2) is 26.2. The van der Waals surface area contributed by atoms with E-state index < -0.39 is 0 Å². The van der Waals surface area contributed by atoms with Crippen molar-refractivity contribution in [2.75, 3.05) is 0 Å². The van der Waals surface area contributed by atoms with E-state index in [1.165, 1.54) is 141 Å². The molecule has 2 atom stereocenters. The first-order valence-corrected chi connectivity index (χ1v) is 14.6. The SMILES string of the molecule is CCCCCCCCCCCCCC(N)[CH]C(N)CCCCCCCCCCCCC. The zero-order chi connectivity index (χ0) is 22.8. The van der Waals surface area contributed by atoms with Gasteiger partial charge in [0.1, 0.15) is 0 Å². The van der Waals surface area contributed by atoms with Crippen LogP contribution in [0.3, 0.4) is 0 Å². The Hall–Kier alpha value is -0.0800. The highest BCUT2D eigenvalue weighted by atomic mass is 14.7. The fourth-order valence-electron chi connectivity index (χ4n) is 4.60. The Labute approximate surface area is 198 Å². The van der Waals surface area contributed by atoms with Gasteiger partial charge in [0.15, 0.2) is 0 Å². The van der Waals surface area contributed by atoms with Gasteiger partial charge in [0.2, 0.25) is 0 Å². The maximum Gasteiger partial charge on any atom is 0.00857 e. The standard InChI is InChI=1S/C29H61N2/c1-3-5-7-9-11-13-15-17-19-21-23-25-28(30)27-29(31)26-24-22-20-18-16-14-12-10-8-6-4-2/h27-29H,3-26,30-31H2,1-2H3. The van der Waals surface area contributed by atoms with E-state index in [1.54, 1.807) is 0 Å². The van der Waals surface area contributed by atoms with Crippen molar-refractivity contribution in [3.05, 3.63) is 6.42 Å². The molecule has 0 bridgehead atoms. The molecule has 2 nitrogen and oxygen atoms in total. The molecule has 0 aliphatic rings. The second-order valence-corrected chi connectivity index (χ2v) is 10.2. The molecule has 0 heterocycles. The van der Waals surface area contributed by atoms with Gasteiger partial charge in [-0.25, -0.2) is 0 Å². The van der Waals surface area contributed by atoms with Gasteiger partial charge in [-0.1, -0.05) is 155 Å². The highest BCUT2D eigenvalue weighted by Crippen LogP contribution is 2.15. The van der Waals surface area contributed by atoms with E-state index in [2.05, 4.69) is 20.3 Å². The molecule has 0 amide bonds.